The van der Waals surface area contributed by atoms with Crippen LogP contribution < -0.4 is 11.1 Å². The molecule has 0 aliphatic carbocycles. The summed E-state index contributed by atoms with van der Waals surface area (Å²) < 4.78 is 7.02. The quantitative estimate of drug-likeness (QED) is 0.583. The molecule has 0 fully saturated rings. The van der Waals surface area contributed by atoms with Crippen LogP contribution in [0.2, 0.25) is 0 Å². The minimum atomic E-state index is -0.583. The molecule has 3 N–H and O–H groups in total. The van der Waals surface area contributed by atoms with Gasteiger partial charge in [-0.3, -0.25) is 9.59 Å². The fourth-order valence-corrected chi connectivity index (χ4v) is 2.81. The summed E-state index contributed by atoms with van der Waals surface area (Å²) >= 11 is 0. The third-order valence-electron chi connectivity index (χ3n) is 4.21. The van der Waals surface area contributed by atoms with Crippen LogP contribution in [0.1, 0.15) is 26.4 Å². The molecule has 4 aromatic rings. The number of furan rings is 1. The number of carbonyl (C=O) groups is 2. The third kappa shape index (κ3) is 3.18. The Bertz CT molecular complexity index is 1160. The number of aryl methyl sites for hydroxylation is 1. The summed E-state index contributed by atoms with van der Waals surface area (Å²) in [7, 11) is 0. The first-order chi connectivity index (χ1) is 13.0. The molecule has 2 heterocycles. The summed E-state index contributed by atoms with van der Waals surface area (Å²) in [6.45, 7) is 1.97. The van der Waals surface area contributed by atoms with Crippen LogP contribution in [0.4, 0.5) is 5.69 Å². The van der Waals surface area contributed by atoms with Crippen LogP contribution in [0.15, 0.2) is 65.4 Å². The lowest BCUT2D eigenvalue weighted by molar-refractivity contribution is 0.0993. The number of amides is 2. The third-order valence-corrected chi connectivity index (χ3v) is 4.21. The number of hydrogen-bond acceptors (Lipinski definition) is 4. The largest absolute Gasteiger partial charge is 0.463 e. The highest BCUT2D eigenvalue weighted by Crippen LogP contribution is 2.23. The van der Waals surface area contributed by atoms with Crippen molar-refractivity contribution >= 4 is 28.5 Å². The molecule has 4 rings (SSSR count). The monoisotopic (exact) mass is 360 g/mol. The van der Waals surface area contributed by atoms with Gasteiger partial charge in [-0.05, 0) is 48.9 Å². The molecule has 0 spiro atoms. The van der Waals surface area contributed by atoms with E-state index in [1.165, 1.54) is 10.9 Å². The number of rotatable bonds is 4. The van der Waals surface area contributed by atoms with E-state index in [0.29, 0.717) is 16.8 Å². The lowest BCUT2D eigenvalue weighted by Crippen LogP contribution is -2.12. The lowest BCUT2D eigenvalue weighted by atomic mass is 10.1. The minimum absolute atomic E-state index is 0.189. The molecule has 0 radical (unpaired) electrons. The number of nitrogens with one attached hydrogen (secondary N) is 1. The van der Waals surface area contributed by atoms with Crippen molar-refractivity contribution in [3.8, 4) is 5.69 Å². The zero-order valence-corrected chi connectivity index (χ0v) is 14.5. The molecule has 0 aliphatic heterocycles. The highest BCUT2D eigenvalue weighted by atomic mass is 16.3. The molecule has 0 saturated carbocycles. The first-order valence-electron chi connectivity index (χ1n) is 8.26. The van der Waals surface area contributed by atoms with Crippen LogP contribution in [0.5, 0.6) is 0 Å². The van der Waals surface area contributed by atoms with E-state index >= 15 is 0 Å². The molecule has 134 valence electrons. The Morgan fingerprint density at radius 1 is 1.11 bits per heavy atom. The minimum Gasteiger partial charge on any atom is -0.463 e. The van der Waals surface area contributed by atoms with Crippen molar-refractivity contribution in [2.45, 2.75) is 6.92 Å². The summed E-state index contributed by atoms with van der Waals surface area (Å²) in [5, 5.41) is 7.71. The molecule has 7 nitrogen and oxygen atoms in total. The van der Waals surface area contributed by atoms with Gasteiger partial charge in [-0.15, -0.1) is 0 Å². The smallest absolute Gasteiger partial charge is 0.269 e. The number of fused-ring (bicyclic) bond motifs is 1. The van der Waals surface area contributed by atoms with Gasteiger partial charge >= 0.3 is 0 Å². The van der Waals surface area contributed by atoms with E-state index in [4.69, 9.17) is 10.2 Å². The number of hydrogen-bond donors (Lipinski definition) is 2. The predicted octanol–water partition coefficient (Wildman–Crippen LogP) is 3.28. The maximum atomic E-state index is 12.6. The number of nitrogens with two attached hydrogens (primary N) is 1. The molecule has 0 saturated heterocycles. The molecule has 0 bridgehead atoms. The Hall–Kier alpha value is -3.87. The highest BCUT2D eigenvalue weighted by Gasteiger charge is 2.14. The first kappa shape index (κ1) is 16.6. The van der Waals surface area contributed by atoms with E-state index in [1.807, 2.05) is 25.1 Å². The summed E-state index contributed by atoms with van der Waals surface area (Å²) in [6, 6.07) is 14.3. The lowest BCUT2D eigenvalue weighted by Gasteiger charge is -2.06. The number of primary amides is 1. The van der Waals surface area contributed by atoms with Crippen LogP contribution in [0.3, 0.4) is 0 Å². The van der Waals surface area contributed by atoms with E-state index in [2.05, 4.69) is 10.4 Å². The number of nitrogens with zero attached hydrogens (tertiary/aromatic N) is 2. The zero-order chi connectivity index (χ0) is 19.0. The molecule has 0 aliphatic rings. The fraction of sp³-hybridized carbons (Fsp3) is 0.0500. The van der Waals surface area contributed by atoms with Crippen LogP contribution >= 0.6 is 0 Å². The highest BCUT2D eigenvalue weighted by molar-refractivity contribution is 6.12. The van der Waals surface area contributed by atoms with Gasteiger partial charge in [0.2, 0.25) is 0 Å². The summed E-state index contributed by atoms with van der Waals surface area (Å²) in [6.07, 6.45) is 3.11. The molecular formula is C20H16N4O3. The van der Waals surface area contributed by atoms with Crippen LogP contribution in [-0.2, 0) is 0 Å². The van der Waals surface area contributed by atoms with Gasteiger partial charge in [0.05, 0.1) is 11.3 Å². The van der Waals surface area contributed by atoms with E-state index < -0.39 is 5.91 Å². The van der Waals surface area contributed by atoms with Crippen molar-refractivity contribution in [1.82, 2.24) is 9.78 Å². The topological polar surface area (TPSA) is 103 Å². The number of aromatic nitrogens is 2. The van der Waals surface area contributed by atoms with E-state index in [0.717, 1.165) is 16.6 Å². The van der Waals surface area contributed by atoms with Gasteiger partial charge in [0.1, 0.15) is 17.5 Å². The Morgan fingerprint density at radius 3 is 2.59 bits per heavy atom. The molecule has 0 unspecified atom stereocenters. The van der Waals surface area contributed by atoms with Gasteiger partial charge < -0.3 is 15.5 Å². The van der Waals surface area contributed by atoms with Crippen molar-refractivity contribution in [1.29, 1.82) is 0 Å². The molecule has 27 heavy (non-hydrogen) atoms. The maximum absolute atomic E-state index is 12.6. The second kappa shape index (κ2) is 6.45. The van der Waals surface area contributed by atoms with Gasteiger partial charge in [0.15, 0.2) is 0 Å². The van der Waals surface area contributed by atoms with Gasteiger partial charge in [-0.2, -0.15) is 5.10 Å². The summed E-state index contributed by atoms with van der Waals surface area (Å²) in [4.78, 5) is 23.7. The zero-order valence-electron chi connectivity index (χ0n) is 14.5. The number of benzene rings is 2. The van der Waals surface area contributed by atoms with Gasteiger partial charge in [-0.1, -0.05) is 12.1 Å². The number of anilines is 1. The van der Waals surface area contributed by atoms with E-state index in [9.17, 15) is 9.59 Å². The first-order valence-corrected chi connectivity index (χ1v) is 8.26. The fourth-order valence-electron chi connectivity index (χ4n) is 2.81. The SMILES string of the molecule is Cc1ccc2c(C(=O)Nc3ccc(-n4ccc(C(N)=O)n4)cc3)coc2c1. The average Bonchev–Trinajstić information content (AvgIpc) is 3.29. The molecule has 2 amide bonds. The van der Waals surface area contributed by atoms with Crippen molar-refractivity contribution in [2.24, 2.45) is 5.73 Å². The Balaban J connectivity index is 1.53. The second-order valence-corrected chi connectivity index (χ2v) is 6.16. The van der Waals surface area contributed by atoms with Crippen molar-refractivity contribution in [3.63, 3.8) is 0 Å². The van der Waals surface area contributed by atoms with E-state index in [1.54, 1.807) is 36.5 Å². The molecular weight excluding hydrogens is 344 g/mol. The summed E-state index contributed by atoms with van der Waals surface area (Å²) in [5.74, 6) is -0.833. The molecule has 0 atom stereocenters. The van der Waals surface area contributed by atoms with Gasteiger partial charge in [0, 0.05) is 17.3 Å². The Kier molecular flexibility index (Phi) is 3.97. The standard InChI is InChI=1S/C20H16N4O3/c1-12-2-7-15-16(11-27-18(15)10-12)20(26)22-13-3-5-14(6-4-13)24-9-8-17(23-24)19(21)25/h2-11H,1H3,(H2,21,25)(H,22,26). The molecule has 7 heteroatoms. The predicted molar refractivity (Wildman–Crippen MR) is 101 cm³/mol. The maximum Gasteiger partial charge on any atom is 0.269 e. The Morgan fingerprint density at radius 2 is 1.89 bits per heavy atom. The summed E-state index contributed by atoms with van der Waals surface area (Å²) in [5.41, 5.74) is 9.00. The van der Waals surface area contributed by atoms with Crippen molar-refractivity contribution in [3.05, 3.63) is 77.8 Å². The van der Waals surface area contributed by atoms with Crippen LogP contribution in [-0.4, -0.2) is 21.6 Å². The molecule has 2 aromatic heterocycles. The normalized spacial score (nSPS) is 10.9. The van der Waals surface area contributed by atoms with Crippen LogP contribution in [0.25, 0.3) is 16.7 Å². The average molecular weight is 360 g/mol. The van der Waals surface area contributed by atoms with E-state index in [-0.39, 0.29) is 11.6 Å². The number of carbonyl (C=O) groups excluding carboxylic acids is 2. The molecule has 2 aromatic carbocycles. The van der Waals surface area contributed by atoms with Gasteiger partial charge in [-0.25, -0.2) is 4.68 Å². The second-order valence-electron chi connectivity index (χ2n) is 6.16. The van der Waals surface area contributed by atoms with Crippen molar-refractivity contribution < 1.29 is 14.0 Å². The Labute approximate surface area is 154 Å². The van der Waals surface area contributed by atoms with Crippen molar-refractivity contribution in [2.75, 3.05) is 5.32 Å². The van der Waals surface area contributed by atoms with Gasteiger partial charge in [0.25, 0.3) is 11.8 Å². The van der Waals surface area contributed by atoms with Crippen LogP contribution in [0, 0.1) is 6.92 Å².